The smallest absolute Gasteiger partial charge is 0.252 e. The molecule has 0 fully saturated rings. The summed E-state index contributed by atoms with van der Waals surface area (Å²) in [5, 5.41) is 13.6. The van der Waals surface area contributed by atoms with Crippen LogP contribution in [0.5, 0.6) is 0 Å². The lowest BCUT2D eigenvalue weighted by molar-refractivity contribution is 0.0932. The number of aliphatic hydroxyl groups excluding tert-OH is 1. The van der Waals surface area contributed by atoms with Gasteiger partial charge >= 0.3 is 0 Å². The molecule has 0 aliphatic rings. The van der Waals surface area contributed by atoms with Gasteiger partial charge in [-0.05, 0) is 23.4 Å². The topological polar surface area (TPSA) is 66.4 Å². The van der Waals surface area contributed by atoms with E-state index in [1.54, 1.807) is 30.3 Å². The van der Waals surface area contributed by atoms with Gasteiger partial charge in [-0.3, -0.25) is 9.59 Å². The second-order valence-electron chi connectivity index (χ2n) is 4.85. The van der Waals surface area contributed by atoms with E-state index >= 15 is 0 Å². The fourth-order valence-corrected chi connectivity index (χ4v) is 2.52. The van der Waals surface area contributed by atoms with Gasteiger partial charge in [0.15, 0.2) is 0 Å². The van der Waals surface area contributed by atoms with Gasteiger partial charge in [-0.25, -0.2) is 0 Å². The van der Waals surface area contributed by atoms with E-state index in [2.05, 4.69) is 5.32 Å². The molecule has 5 heteroatoms. The van der Waals surface area contributed by atoms with Crippen LogP contribution < -0.4 is 5.32 Å². The van der Waals surface area contributed by atoms with Gasteiger partial charge in [0.2, 0.25) is 5.78 Å². The van der Waals surface area contributed by atoms with Gasteiger partial charge < -0.3 is 10.4 Å². The predicted octanol–water partition coefficient (Wildman–Crippen LogP) is 2.34. The van der Waals surface area contributed by atoms with Crippen LogP contribution in [0.15, 0.2) is 41.8 Å². The standard InChI is InChI=1S/C16H17NO3S/c1-11(10-18)9-17-16(20)13-6-3-2-5-12(13)15(19)14-7-4-8-21-14/h2-8,11,18H,9-10H2,1H3,(H,17,20). The third-order valence-electron chi connectivity index (χ3n) is 3.08. The highest BCUT2D eigenvalue weighted by Crippen LogP contribution is 2.18. The Kier molecular flexibility index (Phi) is 5.25. The minimum Gasteiger partial charge on any atom is -0.396 e. The molecule has 1 atom stereocenters. The molecule has 1 aromatic carbocycles. The maximum atomic E-state index is 12.4. The van der Waals surface area contributed by atoms with Crippen LogP contribution in [0.2, 0.25) is 0 Å². The van der Waals surface area contributed by atoms with Crippen molar-refractivity contribution in [3.63, 3.8) is 0 Å². The van der Waals surface area contributed by atoms with Crippen LogP contribution in [-0.4, -0.2) is 29.9 Å². The molecule has 0 bridgehead atoms. The number of hydrogen-bond acceptors (Lipinski definition) is 4. The zero-order chi connectivity index (χ0) is 15.2. The summed E-state index contributed by atoms with van der Waals surface area (Å²) in [6.07, 6.45) is 0. The number of hydrogen-bond donors (Lipinski definition) is 2. The second kappa shape index (κ2) is 7.15. The number of thiophene rings is 1. The highest BCUT2D eigenvalue weighted by atomic mass is 32.1. The number of benzene rings is 1. The first-order valence-electron chi connectivity index (χ1n) is 6.69. The number of aliphatic hydroxyl groups is 1. The molecule has 2 rings (SSSR count). The number of nitrogens with one attached hydrogen (secondary N) is 1. The van der Waals surface area contributed by atoms with Gasteiger partial charge in [0, 0.05) is 18.7 Å². The van der Waals surface area contributed by atoms with E-state index in [-0.39, 0.29) is 24.2 Å². The lowest BCUT2D eigenvalue weighted by Gasteiger charge is -2.11. The van der Waals surface area contributed by atoms with Crippen molar-refractivity contribution in [3.8, 4) is 0 Å². The third kappa shape index (κ3) is 3.77. The fraction of sp³-hybridized carbons (Fsp3) is 0.250. The lowest BCUT2D eigenvalue weighted by Crippen LogP contribution is -2.30. The Morgan fingerprint density at radius 1 is 1.19 bits per heavy atom. The van der Waals surface area contributed by atoms with E-state index in [0.29, 0.717) is 22.5 Å². The Bertz CT molecular complexity index is 622. The van der Waals surface area contributed by atoms with Gasteiger partial charge in [0.1, 0.15) is 0 Å². The maximum absolute atomic E-state index is 12.4. The summed E-state index contributed by atoms with van der Waals surface area (Å²) in [4.78, 5) is 25.2. The average molecular weight is 303 g/mol. The lowest BCUT2D eigenvalue weighted by atomic mass is 10.0. The molecular formula is C16H17NO3S. The zero-order valence-electron chi connectivity index (χ0n) is 11.7. The molecule has 21 heavy (non-hydrogen) atoms. The summed E-state index contributed by atoms with van der Waals surface area (Å²) in [6.45, 7) is 2.22. The summed E-state index contributed by atoms with van der Waals surface area (Å²) < 4.78 is 0. The number of carbonyl (C=O) groups is 2. The van der Waals surface area contributed by atoms with Crippen molar-refractivity contribution in [1.82, 2.24) is 5.32 Å². The van der Waals surface area contributed by atoms with Crippen molar-refractivity contribution < 1.29 is 14.7 Å². The van der Waals surface area contributed by atoms with Crippen molar-refractivity contribution >= 4 is 23.0 Å². The molecule has 1 unspecified atom stereocenters. The average Bonchev–Trinajstić information content (AvgIpc) is 3.05. The first-order chi connectivity index (χ1) is 10.1. The van der Waals surface area contributed by atoms with Crippen LogP contribution in [0.4, 0.5) is 0 Å². The molecule has 0 saturated heterocycles. The molecule has 2 aromatic rings. The maximum Gasteiger partial charge on any atom is 0.252 e. The normalized spacial score (nSPS) is 11.9. The van der Waals surface area contributed by atoms with Gasteiger partial charge in [-0.1, -0.05) is 31.2 Å². The molecule has 0 radical (unpaired) electrons. The van der Waals surface area contributed by atoms with Crippen LogP contribution in [0.25, 0.3) is 0 Å². The molecule has 1 amide bonds. The quantitative estimate of drug-likeness (QED) is 0.805. The number of carbonyl (C=O) groups excluding carboxylic acids is 2. The van der Waals surface area contributed by atoms with Crippen LogP contribution in [0.1, 0.15) is 32.5 Å². The molecular weight excluding hydrogens is 286 g/mol. The molecule has 0 aliphatic heterocycles. The first-order valence-corrected chi connectivity index (χ1v) is 7.57. The Morgan fingerprint density at radius 2 is 1.90 bits per heavy atom. The minimum absolute atomic E-state index is 0.00997. The first kappa shape index (κ1) is 15.4. The molecule has 0 aliphatic carbocycles. The third-order valence-corrected chi connectivity index (χ3v) is 3.95. The minimum atomic E-state index is -0.296. The van der Waals surface area contributed by atoms with Crippen molar-refractivity contribution in [2.24, 2.45) is 5.92 Å². The summed E-state index contributed by atoms with van der Waals surface area (Å²) in [6, 6.07) is 10.3. The SMILES string of the molecule is CC(CO)CNC(=O)c1ccccc1C(=O)c1cccs1. The molecule has 1 heterocycles. The van der Waals surface area contributed by atoms with E-state index in [4.69, 9.17) is 5.11 Å². The van der Waals surface area contributed by atoms with Crippen molar-refractivity contribution in [3.05, 3.63) is 57.8 Å². The Morgan fingerprint density at radius 3 is 2.52 bits per heavy atom. The van der Waals surface area contributed by atoms with Crippen molar-refractivity contribution in [2.75, 3.05) is 13.2 Å². The van der Waals surface area contributed by atoms with E-state index < -0.39 is 0 Å². The van der Waals surface area contributed by atoms with Gasteiger partial charge in [-0.15, -0.1) is 11.3 Å². The number of amides is 1. The van der Waals surface area contributed by atoms with Crippen LogP contribution in [0.3, 0.4) is 0 Å². The van der Waals surface area contributed by atoms with E-state index in [0.717, 1.165) is 0 Å². The Balaban J connectivity index is 2.21. The van der Waals surface area contributed by atoms with Crippen LogP contribution in [-0.2, 0) is 0 Å². The van der Waals surface area contributed by atoms with E-state index in [1.165, 1.54) is 11.3 Å². The summed E-state index contributed by atoms with van der Waals surface area (Å²) in [7, 11) is 0. The second-order valence-corrected chi connectivity index (χ2v) is 5.80. The number of ketones is 1. The summed E-state index contributed by atoms with van der Waals surface area (Å²) in [5.74, 6) is -0.462. The monoisotopic (exact) mass is 303 g/mol. The van der Waals surface area contributed by atoms with Gasteiger partial charge in [0.25, 0.3) is 5.91 Å². The van der Waals surface area contributed by atoms with Crippen molar-refractivity contribution in [1.29, 1.82) is 0 Å². The molecule has 2 N–H and O–H groups in total. The van der Waals surface area contributed by atoms with E-state index in [1.807, 2.05) is 18.4 Å². The summed E-state index contributed by atoms with van der Waals surface area (Å²) >= 11 is 1.35. The molecule has 0 spiro atoms. The summed E-state index contributed by atoms with van der Waals surface area (Å²) in [5.41, 5.74) is 0.759. The fourth-order valence-electron chi connectivity index (χ4n) is 1.85. The van der Waals surface area contributed by atoms with Crippen LogP contribution >= 0.6 is 11.3 Å². The number of rotatable bonds is 6. The highest BCUT2D eigenvalue weighted by molar-refractivity contribution is 7.12. The van der Waals surface area contributed by atoms with E-state index in [9.17, 15) is 9.59 Å². The molecule has 4 nitrogen and oxygen atoms in total. The highest BCUT2D eigenvalue weighted by Gasteiger charge is 2.18. The molecule has 1 aromatic heterocycles. The molecule has 0 saturated carbocycles. The van der Waals surface area contributed by atoms with Crippen molar-refractivity contribution in [2.45, 2.75) is 6.92 Å². The largest absolute Gasteiger partial charge is 0.396 e. The Hall–Kier alpha value is -1.98. The van der Waals surface area contributed by atoms with Gasteiger partial charge in [-0.2, -0.15) is 0 Å². The van der Waals surface area contributed by atoms with Crippen LogP contribution in [0, 0.1) is 5.92 Å². The zero-order valence-corrected chi connectivity index (χ0v) is 12.5. The predicted molar refractivity (Wildman–Crippen MR) is 82.8 cm³/mol. The molecule has 110 valence electrons. The van der Waals surface area contributed by atoms with Gasteiger partial charge in [0.05, 0.1) is 10.4 Å². The Labute approximate surface area is 127 Å².